The van der Waals surface area contributed by atoms with Gasteiger partial charge in [-0.2, -0.15) is 26.3 Å². The van der Waals surface area contributed by atoms with Crippen molar-refractivity contribution in [2.45, 2.75) is 38.3 Å². The number of nitrogens with two attached hydrogens (primary N) is 1. The van der Waals surface area contributed by atoms with Gasteiger partial charge >= 0.3 is 24.1 Å². The Morgan fingerprint density at radius 3 is 2.06 bits per heavy atom. The molecule has 0 saturated heterocycles. The third-order valence-electron chi connectivity index (χ3n) is 4.94. The minimum Gasteiger partial charge on any atom is -0.494 e. The van der Waals surface area contributed by atoms with Crippen LogP contribution in [0.5, 0.6) is 5.75 Å². The summed E-state index contributed by atoms with van der Waals surface area (Å²) < 4.78 is 98.8. The topological polar surface area (TPSA) is 93.5 Å². The maximum atomic E-state index is 14.5. The largest absolute Gasteiger partial charge is 0.494 e. The van der Waals surface area contributed by atoms with E-state index in [1.807, 2.05) is 0 Å². The van der Waals surface area contributed by atoms with Crippen molar-refractivity contribution in [1.29, 1.82) is 0 Å². The summed E-state index contributed by atoms with van der Waals surface area (Å²) in [5.74, 6) is -0.947. The number of hydrogen-bond acceptors (Lipinski definition) is 3. The maximum Gasteiger partial charge on any atom is 0.435 e. The molecule has 0 aromatic heterocycles. The first-order valence-electron chi connectivity index (χ1n) is 9.59. The fraction of sp³-hybridized carbons (Fsp3) is 0.333. The van der Waals surface area contributed by atoms with Crippen LogP contribution < -0.4 is 21.1 Å². The molecule has 3 amide bonds. The first-order chi connectivity index (χ1) is 15.6. The van der Waals surface area contributed by atoms with Crippen molar-refractivity contribution in [2.75, 3.05) is 17.7 Å². The molecule has 34 heavy (non-hydrogen) atoms. The highest BCUT2D eigenvalue weighted by atomic mass is 19.4. The van der Waals surface area contributed by atoms with Gasteiger partial charge in [-0.3, -0.25) is 4.79 Å². The van der Waals surface area contributed by atoms with E-state index in [-0.39, 0.29) is 40.2 Å². The lowest BCUT2D eigenvalue weighted by atomic mass is 9.89. The lowest BCUT2D eigenvalue weighted by Crippen LogP contribution is -2.50. The first-order valence-corrected chi connectivity index (χ1v) is 9.59. The number of amides is 3. The number of para-hydroxylation sites is 1. The number of carbonyl (C=O) groups is 2. The zero-order valence-corrected chi connectivity index (χ0v) is 18.0. The Hall–Kier alpha value is -3.51. The molecule has 4 N–H and O–H groups in total. The number of ether oxygens (including phenoxy) is 1. The smallest absolute Gasteiger partial charge is 0.435 e. The van der Waals surface area contributed by atoms with Crippen LogP contribution in [0.4, 0.5) is 46.9 Å². The third kappa shape index (κ3) is 4.87. The fourth-order valence-electron chi connectivity index (χ4n) is 3.35. The summed E-state index contributed by atoms with van der Waals surface area (Å²) in [6.45, 7) is 2.54. The van der Waals surface area contributed by atoms with E-state index in [0.717, 1.165) is 6.92 Å². The Balaban J connectivity index is 2.58. The lowest BCUT2D eigenvalue weighted by molar-refractivity contribution is -0.348. The van der Waals surface area contributed by atoms with E-state index in [4.69, 9.17) is 10.5 Å². The molecule has 13 heteroatoms. The van der Waals surface area contributed by atoms with Crippen molar-refractivity contribution in [3.8, 4) is 5.75 Å². The Morgan fingerprint density at radius 2 is 1.59 bits per heavy atom. The number of hydrogen-bond donors (Lipinski definition) is 3. The molecule has 0 unspecified atom stereocenters. The average Bonchev–Trinajstić information content (AvgIpc) is 2.71. The molecule has 0 aliphatic rings. The molecule has 6 nitrogen and oxygen atoms in total. The van der Waals surface area contributed by atoms with E-state index in [2.05, 4.69) is 10.6 Å². The fourth-order valence-corrected chi connectivity index (χ4v) is 3.35. The average molecular weight is 495 g/mol. The highest BCUT2D eigenvalue weighted by molar-refractivity contribution is 6.08. The van der Waals surface area contributed by atoms with Crippen LogP contribution in [-0.4, -0.2) is 31.4 Å². The number of primary amides is 1. The van der Waals surface area contributed by atoms with Crippen molar-refractivity contribution in [1.82, 2.24) is 0 Å². The van der Waals surface area contributed by atoms with Gasteiger partial charge in [0.05, 0.1) is 18.4 Å². The maximum absolute atomic E-state index is 14.5. The van der Waals surface area contributed by atoms with Crippen molar-refractivity contribution >= 4 is 23.3 Å². The van der Waals surface area contributed by atoms with Gasteiger partial charge in [-0.1, -0.05) is 19.1 Å². The zero-order chi connectivity index (χ0) is 26.1. The summed E-state index contributed by atoms with van der Waals surface area (Å²) in [4.78, 5) is 24.0. The minimum atomic E-state index is -6.27. The van der Waals surface area contributed by atoms with E-state index in [0.29, 0.717) is 12.1 Å². The van der Waals surface area contributed by atoms with Crippen LogP contribution in [0.3, 0.4) is 0 Å². The van der Waals surface area contributed by atoms with Gasteiger partial charge in [0.25, 0.3) is 5.91 Å². The summed E-state index contributed by atoms with van der Waals surface area (Å²) in [7, 11) is 1.20. The van der Waals surface area contributed by atoms with Crippen LogP contribution >= 0.6 is 0 Å². The second kappa shape index (κ2) is 9.39. The first kappa shape index (κ1) is 26.7. The summed E-state index contributed by atoms with van der Waals surface area (Å²) in [6, 6.07) is 3.93. The Bertz CT molecular complexity index is 1080. The Morgan fingerprint density at radius 1 is 1.00 bits per heavy atom. The molecular weight excluding hydrogens is 475 g/mol. The molecule has 2 rings (SSSR count). The zero-order valence-electron chi connectivity index (χ0n) is 18.0. The van der Waals surface area contributed by atoms with Gasteiger partial charge in [-0.25, -0.2) is 9.18 Å². The number of anilines is 2. The number of carbonyl (C=O) groups excluding carboxylic acids is 2. The van der Waals surface area contributed by atoms with Crippen LogP contribution in [0.1, 0.15) is 34.0 Å². The van der Waals surface area contributed by atoms with Gasteiger partial charge in [0.1, 0.15) is 0 Å². The second-order valence-electron chi connectivity index (χ2n) is 7.16. The van der Waals surface area contributed by atoms with Crippen LogP contribution in [0.25, 0.3) is 0 Å². The number of methoxy groups -OCH3 is 1. The van der Waals surface area contributed by atoms with Crippen LogP contribution in [0.15, 0.2) is 30.3 Å². The van der Waals surface area contributed by atoms with Crippen LogP contribution in [0, 0.1) is 6.92 Å². The molecular formula is C21H20F7N3O3. The van der Waals surface area contributed by atoms with Crippen molar-refractivity contribution in [3.63, 3.8) is 0 Å². The Kier molecular flexibility index (Phi) is 7.38. The standard InChI is InChI=1S/C21H20F7N3O3/c1-4-11-9-12(19(22,20(23,24)25)21(26,27)28)8-10(2)15(11)31-17(32)13-6-5-7-14(16(13)34-3)30-18(29)33/h5-9H,4H2,1-3H3,(H,31,32)(H3,29,30,33). The quantitative estimate of drug-likeness (QED) is 0.456. The molecule has 0 radical (unpaired) electrons. The molecule has 0 atom stereocenters. The van der Waals surface area contributed by atoms with Gasteiger partial charge in [-0.15, -0.1) is 0 Å². The molecule has 0 saturated carbocycles. The molecule has 186 valence electrons. The van der Waals surface area contributed by atoms with Gasteiger partial charge in [0, 0.05) is 11.3 Å². The molecule has 2 aromatic rings. The number of rotatable bonds is 6. The number of halogens is 7. The molecule has 0 aliphatic heterocycles. The number of alkyl halides is 7. The molecule has 0 heterocycles. The normalized spacial score (nSPS) is 12.3. The Labute approximate surface area is 189 Å². The third-order valence-corrected chi connectivity index (χ3v) is 4.94. The monoisotopic (exact) mass is 495 g/mol. The molecule has 0 aliphatic carbocycles. The number of urea groups is 1. The highest BCUT2D eigenvalue weighted by Crippen LogP contribution is 2.54. The van der Waals surface area contributed by atoms with E-state index >= 15 is 0 Å². The summed E-state index contributed by atoms with van der Waals surface area (Å²) in [5, 5.41) is 4.66. The molecule has 0 spiro atoms. The second-order valence-corrected chi connectivity index (χ2v) is 7.16. The minimum absolute atomic E-state index is 0.0444. The highest BCUT2D eigenvalue weighted by Gasteiger charge is 2.73. The molecule has 2 aromatic carbocycles. The summed E-state index contributed by atoms with van der Waals surface area (Å²) in [5.41, 5.74) is -2.75. The van der Waals surface area contributed by atoms with E-state index in [1.165, 1.54) is 32.2 Å². The van der Waals surface area contributed by atoms with Crippen LogP contribution in [0.2, 0.25) is 0 Å². The lowest BCUT2D eigenvalue weighted by Gasteiger charge is -2.31. The van der Waals surface area contributed by atoms with Gasteiger partial charge in [0.2, 0.25) is 0 Å². The predicted molar refractivity (Wildman–Crippen MR) is 110 cm³/mol. The summed E-state index contributed by atoms with van der Waals surface area (Å²) >= 11 is 0. The van der Waals surface area contributed by atoms with Gasteiger partial charge in [0.15, 0.2) is 5.75 Å². The van der Waals surface area contributed by atoms with Crippen molar-refractivity contribution in [2.24, 2.45) is 5.73 Å². The van der Waals surface area contributed by atoms with Gasteiger partial charge < -0.3 is 21.1 Å². The molecule has 0 bridgehead atoms. The number of nitrogens with one attached hydrogen (secondary N) is 2. The predicted octanol–water partition coefficient (Wildman–Crippen LogP) is 5.60. The molecule has 0 fully saturated rings. The van der Waals surface area contributed by atoms with Gasteiger partial charge in [-0.05, 0) is 42.7 Å². The summed E-state index contributed by atoms with van der Waals surface area (Å²) in [6.07, 6.45) is -12.7. The van der Waals surface area contributed by atoms with E-state index in [9.17, 15) is 40.3 Å². The van der Waals surface area contributed by atoms with E-state index < -0.39 is 35.5 Å². The number of aryl methyl sites for hydroxylation is 2. The van der Waals surface area contributed by atoms with E-state index in [1.54, 1.807) is 0 Å². The number of benzene rings is 2. The van der Waals surface area contributed by atoms with Crippen molar-refractivity contribution in [3.05, 3.63) is 52.6 Å². The van der Waals surface area contributed by atoms with Crippen LogP contribution in [-0.2, 0) is 12.1 Å². The SMILES string of the molecule is CCc1cc(C(F)(C(F)(F)F)C(F)(F)F)cc(C)c1NC(=O)c1cccc(NC(N)=O)c1OC. The van der Waals surface area contributed by atoms with Crippen molar-refractivity contribution < 1.29 is 45.1 Å².